The molecule has 0 aromatic carbocycles. The van der Waals surface area contributed by atoms with Gasteiger partial charge in [0.2, 0.25) is 0 Å². The fourth-order valence-electron chi connectivity index (χ4n) is 1.81. The van der Waals surface area contributed by atoms with Crippen LogP contribution in [-0.4, -0.2) is 34.4 Å². The molecule has 0 saturated carbocycles. The van der Waals surface area contributed by atoms with Gasteiger partial charge >= 0.3 is 0 Å². The molecule has 2 rings (SSSR count). The molecule has 0 bridgehead atoms. The number of carbonyl (C=O) groups excluding carboxylic acids is 1. The number of hydrazone groups is 1. The highest BCUT2D eigenvalue weighted by molar-refractivity contribution is 9.11. The average molecular weight is 302 g/mol. The topological polar surface area (TPSA) is 74.2 Å². The van der Waals surface area contributed by atoms with E-state index in [1.807, 2.05) is 6.92 Å². The number of aliphatic hydroxyl groups is 1. The molecule has 0 aromatic rings. The van der Waals surface area contributed by atoms with Crippen LogP contribution in [0, 0.1) is 0 Å². The molecule has 92 valence electrons. The maximum atomic E-state index is 11.5. The van der Waals surface area contributed by atoms with Gasteiger partial charge in [0.1, 0.15) is 18.4 Å². The summed E-state index contributed by atoms with van der Waals surface area (Å²) in [5, 5.41) is 13.1. The number of amides is 1. The Morgan fingerprint density at radius 3 is 3.12 bits per heavy atom. The summed E-state index contributed by atoms with van der Waals surface area (Å²) in [6, 6.07) is -0.340. The summed E-state index contributed by atoms with van der Waals surface area (Å²) in [6.07, 6.45) is 1.45. The third-order valence-electron chi connectivity index (χ3n) is 2.66. The van der Waals surface area contributed by atoms with Crippen molar-refractivity contribution < 1.29 is 14.6 Å². The van der Waals surface area contributed by atoms with Gasteiger partial charge in [0.25, 0.3) is 5.91 Å². The number of fused-ring (bicyclic) bond motifs is 1. The number of rotatable bonds is 1. The molecule has 2 aliphatic rings. The smallest absolute Gasteiger partial charge is 0.262 e. The zero-order valence-electron chi connectivity index (χ0n) is 9.40. The molecule has 0 aromatic heterocycles. The Morgan fingerprint density at radius 1 is 1.76 bits per heavy atom. The fourth-order valence-corrected chi connectivity index (χ4v) is 2.02. The molecule has 1 atom stereocenters. The summed E-state index contributed by atoms with van der Waals surface area (Å²) in [4.78, 5) is 13.3. The summed E-state index contributed by atoms with van der Waals surface area (Å²) in [6.45, 7) is 3.85. The van der Waals surface area contributed by atoms with Crippen LogP contribution in [0.2, 0.25) is 0 Å². The van der Waals surface area contributed by atoms with E-state index in [-0.39, 0.29) is 23.2 Å². The van der Waals surface area contributed by atoms with E-state index in [2.05, 4.69) is 26.5 Å². The highest BCUT2D eigenvalue weighted by Crippen LogP contribution is 2.24. The van der Waals surface area contributed by atoms with Gasteiger partial charge in [-0.2, -0.15) is 5.10 Å². The van der Waals surface area contributed by atoms with Crippen LogP contribution in [0.15, 0.2) is 27.3 Å². The number of ether oxygens (including phenoxy) is 1. The molecule has 1 unspecified atom stereocenters. The zero-order valence-corrected chi connectivity index (χ0v) is 11.0. The molecule has 0 radical (unpaired) electrons. The lowest BCUT2D eigenvalue weighted by atomic mass is 10.1. The van der Waals surface area contributed by atoms with Crippen molar-refractivity contribution in [1.82, 2.24) is 10.3 Å². The molecule has 0 fully saturated rings. The van der Waals surface area contributed by atoms with Crippen molar-refractivity contribution in [2.45, 2.75) is 19.9 Å². The zero-order chi connectivity index (χ0) is 12.6. The van der Waals surface area contributed by atoms with Gasteiger partial charge in [0.05, 0.1) is 5.70 Å². The van der Waals surface area contributed by atoms with Gasteiger partial charge in [-0.25, -0.2) is 5.43 Å². The summed E-state index contributed by atoms with van der Waals surface area (Å²) < 4.78 is 5.42. The average Bonchev–Trinajstić information content (AvgIpc) is 2.26. The fraction of sp³-hybridized carbons (Fsp3) is 0.400. The number of allylic oxidation sites excluding steroid dienone is 2. The Morgan fingerprint density at radius 2 is 2.47 bits per heavy atom. The van der Waals surface area contributed by atoms with E-state index >= 15 is 0 Å². The van der Waals surface area contributed by atoms with Crippen LogP contribution in [-0.2, 0) is 9.53 Å². The van der Waals surface area contributed by atoms with Crippen molar-refractivity contribution >= 4 is 27.7 Å². The van der Waals surface area contributed by atoms with Gasteiger partial charge in [-0.1, -0.05) is 0 Å². The lowest BCUT2D eigenvalue weighted by molar-refractivity contribution is -0.125. The van der Waals surface area contributed by atoms with Crippen LogP contribution in [0.4, 0.5) is 0 Å². The number of halogens is 1. The van der Waals surface area contributed by atoms with Crippen LogP contribution in [0.5, 0.6) is 0 Å². The molecular formula is C10H12BrN3O3. The Balaban J connectivity index is 2.41. The Labute approximate surface area is 107 Å². The third kappa shape index (κ3) is 2.14. The summed E-state index contributed by atoms with van der Waals surface area (Å²) in [7, 11) is 0. The van der Waals surface area contributed by atoms with Crippen molar-refractivity contribution in [3.05, 3.63) is 22.2 Å². The second-order valence-corrected chi connectivity index (χ2v) is 4.57. The first kappa shape index (κ1) is 12.0. The monoisotopic (exact) mass is 301 g/mol. The molecular weight excluding hydrogens is 290 g/mol. The van der Waals surface area contributed by atoms with E-state index in [0.717, 1.165) is 5.70 Å². The first-order valence-electron chi connectivity index (χ1n) is 5.06. The predicted molar refractivity (Wildman–Crippen MR) is 65.2 cm³/mol. The highest BCUT2D eigenvalue weighted by atomic mass is 79.9. The lowest BCUT2D eigenvalue weighted by Gasteiger charge is -2.38. The number of hydrogen-bond acceptors (Lipinski definition) is 5. The van der Waals surface area contributed by atoms with E-state index in [1.165, 1.54) is 6.08 Å². The van der Waals surface area contributed by atoms with Crippen molar-refractivity contribution in [2.24, 2.45) is 5.10 Å². The normalized spacial score (nSPS) is 25.0. The summed E-state index contributed by atoms with van der Waals surface area (Å²) >= 11 is 2.93. The Hall–Kier alpha value is -1.50. The van der Waals surface area contributed by atoms with E-state index in [1.54, 1.807) is 11.8 Å². The molecule has 2 N–H and O–H groups in total. The number of hydrogen-bond donors (Lipinski definition) is 2. The first-order chi connectivity index (χ1) is 8.00. The molecule has 6 nitrogen and oxygen atoms in total. The maximum absolute atomic E-state index is 11.5. The van der Waals surface area contributed by atoms with Gasteiger partial charge in [-0.05, 0) is 29.8 Å². The minimum Gasteiger partial charge on any atom is -0.502 e. The molecule has 17 heavy (non-hydrogen) atoms. The number of nitrogens with zero attached hydrogens (tertiary/aromatic N) is 2. The largest absolute Gasteiger partial charge is 0.502 e. The molecule has 0 aliphatic carbocycles. The summed E-state index contributed by atoms with van der Waals surface area (Å²) in [5.74, 6) is 1.00. The highest BCUT2D eigenvalue weighted by Gasteiger charge is 2.34. The quantitative estimate of drug-likeness (QED) is 0.713. The van der Waals surface area contributed by atoms with E-state index in [9.17, 15) is 9.90 Å². The molecule has 0 saturated heterocycles. The minimum absolute atomic E-state index is 0.0265. The van der Waals surface area contributed by atoms with Gasteiger partial charge in [0.15, 0.2) is 10.5 Å². The standard InChI is InChI=1S/C10H12BrN3O3/c1-5-7(3-8(11)15)17-4-9-12-13-10(16)6(2)14(5)9/h3,6,15H,4H2,1-2H3,(H,13,16)/b8-3-. The lowest BCUT2D eigenvalue weighted by Crippen LogP contribution is -2.54. The van der Waals surface area contributed by atoms with Crippen LogP contribution in [0.3, 0.4) is 0 Å². The molecule has 0 spiro atoms. The van der Waals surface area contributed by atoms with Crippen LogP contribution >= 0.6 is 15.9 Å². The van der Waals surface area contributed by atoms with Crippen LogP contribution in [0.1, 0.15) is 13.8 Å². The van der Waals surface area contributed by atoms with Gasteiger partial charge in [-0.15, -0.1) is 0 Å². The van der Waals surface area contributed by atoms with E-state index < -0.39 is 0 Å². The number of carbonyl (C=O) groups is 1. The van der Waals surface area contributed by atoms with E-state index in [4.69, 9.17) is 4.74 Å². The van der Waals surface area contributed by atoms with Crippen molar-refractivity contribution in [3.63, 3.8) is 0 Å². The SMILES string of the molecule is CC1=C(/C=C(\O)Br)OCC2=NNC(=O)C(C)N21. The van der Waals surface area contributed by atoms with Gasteiger partial charge in [0, 0.05) is 6.08 Å². The van der Waals surface area contributed by atoms with Gasteiger partial charge < -0.3 is 14.7 Å². The van der Waals surface area contributed by atoms with Crippen molar-refractivity contribution in [2.75, 3.05) is 6.61 Å². The van der Waals surface area contributed by atoms with E-state index in [0.29, 0.717) is 11.6 Å². The molecule has 7 heteroatoms. The number of amidine groups is 1. The summed E-state index contributed by atoms with van der Waals surface area (Å²) in [5.41, 5.74) is 3.18. The number of nitrogens with one attached hydrogen (secondary N) is 1. The number of aliphatic hydroxyl groups excluding tert-OH is 1. The van der Waals surface area contributed by atoms with Crippen LogP contribution in [0.25, 0.3) is 0 Å². The Bertz CT molecular complexity index is 452. The maximum Gasteiger partial charge on any atom is 0.262 e. The Kier molecular flexibility index (Phi) is 3.10. The second kappa shape index (κ2) is 4.40. The minimum atomic E-state index is -0.340. The van der Waals surface area contributed by atoms with Gasteiger partial charge in [-0.3, -0.25) is 4.79 Å². The predicted octanol–water partition coefficient (Wildman–Crippen LogP) is 1.18. The first-order valence-corrected chi connectivity index (χ1v) is 5.85. The molecule has 2 heterocycles. The third-order valence-corrected chi connectivity index (χ3v) is 2.89. The van der Waals surface area contributed by atoms with Crippen molar-refractivity contribution in [3.8, 4) is 0 Å². The van der Waals surface area contributed by atoms with Crippen LogP contribution < -0.4 is 5.43 Å². The molecule has 2 aliphatic heterocycles. The van der Waals surface area contributed by atoms with Crippen molar-refractivity contribution in [1.29, 1.82) is 0 Å². The second-order valence-electron chi connectivity index (χ2n) is 3.76. The molecule has 1 amide bonds.